The molecule has 0 unspecified atom stereocenters. The van der Waals surface area contributed by atoms with E-state index >= 15 is 0 Å². The molecule has 0 radical (unpaired) electrons. The summed E-state index contributed by atoms with van der Waals surface area (Å²) < 4.78 is 18.4. The first-order valence-electron chi connectivity index (χ1n) is 5.10. The standard InChI is InChI=1S/C13H11FN2O/c1-17-13-9-5-4-8-12(13)16-15-11-7-3-2-6-10(11)14/h2-9H,1H3. The third-order valence-corrected chi connectivity index (χ3v) is 2.20. The highest BCUT2D eigenvalue weighted by Gasteiger charge is 2.01. The zero-order valence-electron chi connectivity index (χ0n) is 9.30. The summed E-state index contributed by atoms with van der Waals surface area (Å²) in [6, 6.07) is 13.4. The normalized spacial score (nSPS) is 10.7. The van der Waals surface area contributed by atoms with E-state index in [1.807, 2.05) is 12.1 Å². The van der Waals surface area contributed by atoms with E-state index in [2.05, 4.69) is 10.2 Å². The van der Waals surface area contributed by atoms with Crippen molar-refractivity contribution in [1.29, 1.82) is 0 Å². The van der Waals surface area contributed by atoms with Gasteiger partial charge in [0.25, 0.3) is 0 Å². The van der Waals surface area contributed by atoms with Gasteiger partial charge in [-0.05, 0) is 24.3 Å². The Labute approximate surface area is 98.6 Å². The number of benzene rings is 2. The zero-order chi connectivity index (χ0) is 12.1. The molecule has 0 aliphatic heterocycles. The Morgan fingerprint density at radius 1 is 0.882 bits per heavy atom. The van der Waals surface area contributed by atoms with Crippen LogP contribution in [0, 0.1) is 5.82 Å². The van der Waals surface area contributed by atoms with Gasteiger partial charge in [0.1, 0.15) is 17.1 Å². The molecule has 0 saturated carbocycles. The molecule has 0 heterocycles. The summed E-state index contributed by atoms with van der Waals surface area (Å²) in [4.78, 5) is 0. The summed E-state index contributed by atoms with van der Waals surface area (Å²) in [5, 5.41) is 7.82. The largest absolute Gasteiger partial charge is 0.494 e. The lowest BCUT2D eigenvalue weighted by Crippen LogP contribution is -1.81. The molecule has 0 bridgehead atoms. The molecule has 0 spiro atoms. The molecular formula is C13H11FN2O. The van der Waals surface area contributed by atoms with Crippen LogP contribution < -0.4 is 4.74 Å². The lowest BCUT2D eigenvalue weighted by atomic mass is 10.3. The van der Waals surface area contributed by atoms with E-state index in [0.29, 0.717) is 11.4 Å². The first kappa shape index (κ1) is 11.3. The van der Waals surface area contributed by atoms with Crippen LogP contribution in [0.3, 0.4) is 0 Å². The molecule has 3 nitrogen and oxygen atoms in total. The van der Waals surface area contributed by atoms with E-state index in [1.54, 1.807) is 37.4 Å². The van der Waals surface area contributed by atoms with Gasteiger partial charge in [-0.1, -0.05) is 24.3 Å². The SMILES string of the molecule is COc1ccccc1N=Nc1ccccc1F. The topological polar surface area (TPSA) is 34.0 Å². The van der Waals surface area contributed by atoms with Gasteiger partial charge in [-0.25, -0.2) is 4.39 Å². The van der Waals surface area contributed by atoms with Crippen molar-refractivity contribution in [2.24, 2.45) is 10.2 Å². The monoisotopic (exact) mass is 230 g/mol. The molecule has 0 aliphatic rings. The van der Waals surface area contributed by atoms with Gasteiger partial charge in [-0.3, -0.25) is 0 Å². The first-order chi connectivity index (χ1) is 8.31. The van der Waals surface area contributed by atoms with Crippen LogP contribution >= 0.6 is 0 Å². The fourth-order valence-electron chi connectivity index (χ4n) is 1.35. The van der Waals surface area contributed by atoms with E-state index in [4.69, 9.17) is 4.74 Å². The van der Waals surface area contributed by atoms with Gasteiger partial charge in [0.2, 0.25) is 0 Å². The Hall–Kier alpha value is -2.23. The number of hydrogen-bond acceptors (Lipinski definition) is 3. The number of azo groups is 1. The highest BCUT2D eigenvalue weighted by molar-refractivity contribution is 5.51. The molecule has 0 atom stereocenters. The summed E-state index contributed by atoms with van der Waals surface area (Å²) in [5.74, 6) is 0.207. The zero-order valence-corrected chi connectivity index (χ0v) is 9.30. The van der Waals surface area contributed by atoms with Crippen LogP contribution in [-0.4, -0.2) is 7.11 Å². The molecule has 0 N–H and O–H groups in total. The lowest BCUT2D eigenvalue weighted by Gasteiger charge is -2.01. The van der Waals surface area contributed by atoms with Crippen LogP contribution in [0.4, 0.5) is 15.8 Å². The lowest BCUT2D eigenvalue weighted by molar-refractivity contribution is 0.416. The molecule has 0 aromatic heterocycles. The van der Waals surface area contributed by atoms with E-state index < -0.39 is 5.82 Å². The van der Waals surface area contributed by atoms with Gasteiger partial charge in [-0.2, -0.15) is 0 Å². The predicted octanol–water partition coefficient (Wildman–Crippen LogP) is 4.25. The minimum atomic E-state index is -0.397. The van der Waals surface area contributed by atoms with E-state index in [-0.39, 0.29) is 5.69 Å². The molecule has 17 heavy (non-hydrogen) atoms. The minimum absolute atomic E-state index is 0.207. The van der Waals surface area contributed by atoms with E-state index in [0.717, 1.165) is 0 Å². The van der Waals surface area contributed by atoms with Gasteiger partial charge in [0.15, 0.2) is 5.82 Å². The molecule has 86 valence electrons. The number of ether oxygens (including phenoxy) is 1. The maximum atomic E-state index is 13.3. The average Bonchev–Trinajstić information content (AvgIpc) is 2.38. The Balaban J connectivity index is 2.29. The molecule has 4 heteroatoms. The van der Waals surface area contributed by atoms with Gasteiger partial charge < -0.3 is 4.74 Å². The summed E-state index contributed by atoms with van der Waals surface area (Å²) in [6.07, 6.45) is 0. The maximum Gasteiger partial charge on any atom is 0.150 e. The van der Waals surface area contributed by atoms with Gasteiger partial charge in [0, 0.05) is 0 Å². The van der Waals surface area contributed by atoms with Gasteiger partial charge in [0.05, 0.1) is 7.11 Å². The fraction of sp³-hybridized carbons (Fsp3) is 0.0769. The Kier molecular flexibility index (Phi) is 3.45. The summed E-state index contributed by atoms with van der Waals surface area (Å²) in [5.41, 5.74) is 0.775. The van der Waals surface area contributed by atoms with Crippen molar-refractivity contribution < 1.29 is 9.13 Å². The van der Waals surface area contributed by atoms with E-state index in [1.165, 1.54) is 6.07 Å². The van der Waals surface area contributed by atoms with Crippen LogP contribution in [0.15, 0.2) is 58.8 Å². The molecule has 0 fully saturated rings. The third kappa shape index (κ3) is 2.66. The second kappa shape index (κ2) is 5.21. The number of methoxy groups -OCH3 is 1. The molecular weight excluding hydrogens is 219 g/mol. The molecule has 2 rings (SSSR count). The Morgan fingerprint density at radius 3 is 2.18 bits per heavy atom. The van der Waals surface area contributed by atoms with Crippen molar-refractivity contribution in [1.82, 2.24) is 0 Å². The first-order valence-corrected chi connectivity index (χ1v) is 5.10. The Bertz CT molecular complexity index is 540. The molecule has 2 aromatic rings. The second-order valence-corrected chi connectivity index (χ2v) is 3.32. The van der Waals surface area contributed by atoms with Crippen LogP contribution in [0.25, 0.3) is 0 Å². The van der Waals surface area contributed by atoms with Crippen molar-refractivity contribution in [2.75, 3.05) is 7.11 Å². The quantitative estimate of drug-likeness (QED) is 0.725. The summed E-state index contributed by atoms with van der Waals surface area (Å²) >= 11 is 0. The van der Waals surface area contributed by atoms with Crippen LogP contribution in [0.1, 0.15) is 0 Å². The van der Waals surface area contributed by atoms with Crippen molar-refractivity contribution in [2.45, 2.75) is 0 Å². The number of para-hydroxylation sites is 1. The molecule has 0 aliphatic carbocycles. The van der Waals surface area contributed by atoms with Crippen LogP contribution in [0.5, 0.6) is 5.75 Å². The highest BCUT2D eigenvalue weighted by Crippen LogP contribution is 2.28. The molecule has 2 aromatic carbocycles. The average molecular weight is 230 g/mol. The molecule has 0 amide bonds. The van der Waals surface area contributed by atoms with Crippen molar-refractivity contribution >= 4 is 11.4 Å². The number of nitrogens with zero attached hydrogens (tertiary/aromatic N) is 2. The van der Waals surface area contributed by atoms with Crippen molar-refractivity contribution in [3.63, 3.8) is 0 Å². The van der Waals surface area contributed by atoms with Crippen LogP contribution in [-0.2, 0) is 0 Å². The maximum absolute atomic E-state index is 13.3. The van der Waals surface area contributed by atoms with Crippen molar-refractivity contribution in [3.8, 4) is 5.75 Å². The number of hydrogen-bond donors (Lipinski definition) is 0. The number of rotatable bonds is 3. The van der Waals surface area contributed by atoms with Gasteiger partial charge in [-0.15, -0.1) is 10.2 Å². The summed E-state index contributed by atoms with van der Waals surface area (Å²) in [7, 11) is 1.55. The second-order valence-electron chi connectivity index (χ2n) is 3.32. The van der Waals surface area contributed by atoms with Crippen molar-refractivity contribution in [3.05, 3.63) is 54.3 Å². The smallest absolute Gasteiger partial charge is 0.150 e. The van der Waals surface area contributed by atoms with E-state index in [9.17, 15) is 4.39 Å². The van der Waals surface area contributed by atoms with Crippen LogP contribution in [0.2, 0.25) is 0 Å². The minimum Gasteiger partial charge on any atom is -0.494 e. The number of halogens is 1. The third-order valence-electron chi connectivity index (χ3n) is 2.20. The molecule has 0 saturated heterocycles. The van der Waals surface area contributed by atoms with Gasteiger partial charge >= 0.3 is 0 Å². The fourth-order valence-corrected chi connectivity index (χ4v) is 1.35. The highest BCUT2D eigenvalue weighted by atomic mass is 19.1. The predicted molar refractivity (Wildman–Crippen MR) is 63.6 cm³/mol. The Morgan fingerprint density at radius 2 is 1.47 bits per heavy atom. The summed E-state index contributed by atoms with van der Waals surface area (Å²) in [6.45, 7) is 0.